The van der Waals surface area contributed by atoms with Crippen LogP contribution in [-0.4, -0.2) is 28.8 Å². The number of nitro groups is 1. The highest BCUT2D eigenvalue weighted by Gasteiger charge is 2.30. The summed E-state index contributed by atoms with van der Waals surface area (Å²) in [5.41, 5.74) is 3.00. The van der Waals surface area contributed by atoms with E-state index < -0.39 is 4.92 Å². The Morgan fingerprint density at radius 3 is 2.61 bits per heavy atom. The van der Waals surface area contributed by atoms with Gasteiger partial charge in [0.05, 0.1) is 17.5 Å². The first-order chi connectivity index (χ1) is 13.6. The van der Waals surface area contributed by atoms with Gasteiger partial charge in [-0.25, -0.2) is 0 Å². The van der Waals surface area contributed by atoms with Gasteiger partial charge in [0.25, 0.3) is 5.69 Å². The molecule has 28 heavy (non-hydrogen) atoms. The van der Waals surface area contributed by atoms with Gasteiger partial charge in [-0.2, -0.15) is 0 Å². The molecule has 1 aromatic heterocycles. The van der Waals surface area contributed by atoms with Crippen LogP contribution in [-0.2, 0) is 11.2 Å². The fraction of sp³-hybridized carbons (Fsp3) is 0.190. The number of nitrogens with zero attached hydrogens (tertiary/aromatic N) is 2. The number of amides is 1. The zero-order valence-electron chi connectivity index (χ0n) is 15.1. The predicted octanol–water partition coefficient (Wildman–Crippen LogP) is 4.24. The van der Waals surface area contributed by atoms with Gasteiger partial charge >= 0.3 is 0 Å². The summed E-state index contributed by atoms with van der Waals surface area (Å²) in [6.45, 7) is 1.06. The summed E-state index contributed by atoms with van der Waals surface area (Å²) in [5.74, 6) is -0.131. The Bertz CT molecular complexity index is 986. The van der Waals surface area contributed by atoms with E-state index in [2.05, 4.69) is 33.8 Å². The van der Waals surface area contributed by atoms with Crippen molar-refractivity contribution in [1.29, 1.82) is 0 Å². The summed E-state index contributed by atoms with van der Waals surface area (Å²) in [6.07, 6.45) is 0.932. The zero-order valence-corrected chi connectivity index (χ0v) is 15.9. The molecule has 0 unspecified atom stereocenters. The van der Waals surface area contributed by atoms with Crippen LogP contribution < -0.4 is 5.32 Å². The van der Waals surface area contributed by atoms with Crippen LogP contribution in [0.5, 0.6) is 0 Å². The number of non-ortho nitro benzene ring substituents is 1. The van der Waals surface area contributed by atoms with Crippen LogP contribution in [0.2, 0.25) is 0 Å². The Morgan fingerprint density at radius 2 is 1.89 bits per heavy atom. The maximum atomic E-state index is 12.6. The zero-order chi connectivity index (χ0) is 19.5. The van der Waals surface area contributed by atoms with E-state index in [0.717, 1.165) is 13.0 Å². The Kier molecular flexibility index (Phi) is 5.18. The van der Waals surface area contributed by atoms with Gasteiger partial charge < -0.3 is 5.32 Å². The van der Waals surface area contributed by atoms with Crippen molar-refractivity contribution in [2.24, 2.45) is 0 Å². The minimum absolute atomic E-state index is 0.00292. The van der Waals surface area contributed by atoms with E-state index in [1.807, 2.05) is 18.2 Å². The number of thiophene rings is 1. The first-order valence-electron chi connectivity index (χ1n) is 9.01. The van der Waals surface area contributed by atoms with E-state index in [9.17, 15) is 14.9 Å². The first-order valence-corrected chi connectivity index (χ1v) is 9.89. The van der Waals surface area contributed by atoms with Crippen molar-refractivity contribution in [1.82, 2.24) is 4.90 Å². The van der Waals surface area contributed by atoms with E-state index in [-0.39, 0.29) is 24.2 Å². The molecule has 7 heteroatoms. The fourth-order valence-electron chi connectivity index (χ4n) is 3.62. The van der Waals surface area contributed by atoms with Gasteiger partial charge in [0.2, 0.25) is 5.91 Å². The molecule has 0 fully saturated rings. The van der Waals surface area contributed by atoms with Crippen LogP contribution in [0.25, 0.3) is 0 Å². The molecule has 4 rings (SSSR count). The molecule has 1 atom stereocenters. The highest BCUT2D eigenvalue weighted by Crippen LogP contribution is 2.37. The second-order valence-corrected chi connectivity index (χ2v) is 7.69. The minimum Gasteiger partial charge on any atom is -0.325 e. The summed E-state index contributed by atoms with van der Waals surface area (Å²) in [6, 6.07) is 18.3. The number of fused-ring (bicyclic) bond motifs is 1. The molecule has 0 aliphatic carbocycles. The van der Waals surface area contributed by atoms with Crippen molar-refractivity contribution in [2.45, 2.75) is 12.5 Å². The topological polar surface area (TPSA) is 75.5 Å². The van der Waals surface area contributed by atoms with Crippen LogP contribution in [0.1, 0.15) is 22.0 Å². The number of anilines is 1. The molecule has 1 amide bonds. The van der Waals surface area contributed by atoms with E-state index in [0.29, 0.717) is 5.69 Å². The molecule has 0 bridgehead atoms. The number of nitrogens with one attached hydrogen (secondary N) is 1. The number of benzene rings is 2. The highest BCUT2D eigenvalue weighted by atomic mass is 32.1. The number of nitro benzene ring substituents is 1. The monoisotopic (exact) mass is 393 g/mol. The molecule has 0 radical (unpaired) electrons. The van der Waals surface area contributed by atoms with Crippen molar-refractivity contribution in [2.75, 3.05) is 18.4 Å². The van der Waals surface area contributed by atoms with Crippen LogP contribution in [0, 0.1) is 10.1 Å². The van der Waals surface area contributed by atoms with Crippen LogP contribution in [0.3, 0.4) is 0 Å². The molecule has 142 valence electrons. The lowest BCUT2D eigenvalue weighted by Crippen LogP contribution is -2.40. The van der Waals surface area contributed by atoms with Gasteiger partial charge in [-0.3, -0.25) is 19.8 Å². The molecular formula is C21H19N3O3S. The molecule has 2 aromatic carbocycles. The third-order valence-corrected chi connectivity index (χ3v) is 5.89. The van der Waals surface area contributed by atoms with Crippen LogP contribution in [0.15, 0.2) is 66.0 Å². The Balaban J connectivity index is 1.51. The maximum Gasteiger partial charge on any atom is 0.269 e. The van der Waals surface area contributed by atoms with E-state index >= 15 is 0 Å². The standard InChI is InChI=1S/C21H19N3O3S/c25-20(22-16-6-8-17(9-7-16)24(26)27)14-23-12-10-19-18(11-13-28-19)21(23)15-4-2-1-3-5-15/h1-9,11,13,21H,10,12,14H2,(H,22,25)/t21-/m1/s1. The quantitative estimate of drug-likeness (QED) is 0.520. The lowest BCUT2D eigenvalue weighted by molar-refractivity contribution is -0.384. The van der Waals surface area contributed by atoms with Gasteiger partial charge in [-0.15, -0.1) is 11.3 Å². The number of rotatable bonds is 5. The normalized spacial score (nSPS) is 16.4. The van der Waals surface area contributed by atoms with Crippen molar-refractivity contribution >= 4 is 28.6 Å². The van der Waals surface area contributed by atoms with Crippen molar-refractivity contribution < 1.29 is 9.72 Å². The van der Waals surface area contributed by atoms with Gasteiger partial charge in [-0.05, 0) is 41.1 Å². The lowest BCUT2D eigenvalue weighted by atomic mass is 9.93. The molecule has 1 N–H and O–H groups in total. The van der Waals surface area contributed by atoms with Gasteiger partial charge in [0, 0.05) is 29.2 Å². The van der Waals surface area contributed by atoms with E-state index in [4.69, 9.17) is 0 Å². The predicted molar refractivity (Wildman–Crippen MR) is 110 cm³/mol. The average Bonchev–Trinajstić information content (AvgIpc) is 3.17. The molecular weight excluding hydrogens is 374 g/mol. The van der Waals surface area contributed by atoms with Crippen LogP contribution in [0.4, 0.5) is 11.4 Å². The molecule has 1 aliphatic rings. The summed E-state index contributed by atoms with van der Waals surface area (Å²) in [7, 11) is 0. The van der Waals surface area contributed by atoms with Gasteiger partial charge in [0.15, 0.2) is 0 Å². The van der Waals surface area contributed by atoms with E-state index in [1.165, 1.54) is 28.1 Å². The van der Waals surface area contributed by atoms with Gasteiger partial charge in [-0.1, -0.05) is 30.3 Å². The van der Waals surface area contributed by atoms with Gasteiger partial charge in [0.1, 0.15) is 0 Å². The largest absolute Gasteiger partial charge is 0.325 e. The molecule has 0 saturated heterocycles. The third-order valence-electron chi connectivity index (χ3n) is 4.89. The summed E-state index contributed by atoms with van der Waals surface area (Å²) < 4.78 is 0. The number of hydrogen-bond acceptors (Lipinski definition) is 5. The highest BCUT2D eigenvalue weighted by molar-refractivity contribution is 7.10. The fourth-order valence-corrected chi connectivity index (χ4v) is 4.52. The minimum atomic E-state index is -0.456. The molecule has 0 saturated carbocycles. The first kappa shape index (κ1) is 18.3. The molecule has 6 nitrogen and oxygen atoms in total. The average molecular weight is 393 g/mol. The molecule has 1 aliphatic heterocycles. The van der Waals surface area contributed by atoms with Crippen molar-refractivity contribution in [3.05, 3.63) is 92.2 Å². The smallest absolute Gasteiger partial charge is 0.269 e. The van der Waals surface area contributed by atoms with Crippen molar-refractivity contribution in [3.8, 4) is 0 Å². The number of carbonyl (C=O) groups is 1. The number of hydrogen-bond donors (Lipinski definition) is 1. The molecule has 3 aromatic rings. The van der Waals surface area contributed by atoms with Crippen molar-refractivity contribution in [3.63, 3.8) is 0 Å². The SMILES string of the molecule is O=C(CN1CCc2sccc2[C@H]1c1ccccc1)Nc1ccc([N+](=O)[O-])cc1. The molecule has 2 heterocycles. The van der Waals surface area contributed by atoms with Crippen LogP contribution >= 0.6 is 11.3 Å². The second-order valence-electron chi connectivity index (χ2n) is 6.68. The lowest BCUT2D eigenvalue weighted by Gasteiger charge is -2.35. The van der Waals surface area contributed by atoms with E-state index in [1.54, 1.807) is 23.5 Å². The number of carbonyl (C=O) groups excluding carboxylic acids is 1. The second kappa shape index (κ2) is 7.92. The Morgan fingerprint density at radius 1 is 1.14 bits per heavy atom. The third kappa shape index (κ3) is 3.81. The maximum absolute atomic E-state index is 12.6. The summed E-state index contributed by atoms with van der Waals surface area (Å²) >= 11 is 1.77. The Labute approximate surface area is 166 Å². The summed E-state index contributed by atoms with van der Waals surface area (Å²) in [5, 5.41) is 15.7. The Hall–Kier alpha value is -3.03. The molecule has 0 spiro atoms. The summed E-state index contributed by atoms with van der Waals surface area (Å²) in [4.78, 5) is 26.5.